The van der Waals surface area contributed by atoms with E-state index in [1.165, 1.54) is 12.1 Å². The van der Waals surface area contributed by atoms with Crippen LogP contribution in [0.3, 0.4) is 0 Å². The van der Waals surface area contributed by atoms with Gasteiger partial charge in [-0.3, -0.25) is 0 Å². The van der Waals surface area contributed by atoms with Gasteiger partial charge in [-0.1, -0.05) is 18.2 Å². The van der Waals surface area contributed by atoms with Gasteiger partial charge >= 0.3 is 0 Å². The molecule has 0 aliphatic carbocycles. The van der Waals surface area contributed by atoms with E-state index in [4.69, 9.17) is 0 Å². The maximum Gasteiger partial charge on any atom is 0.179 e. The Morgan fingerprint density at radius 3 is 2.32 bits per heavy atom. The van der Waals surface area contributed by atoms with Crippen LogP contribution in [-0.4, -0.2) is 51.8 Å². The molecule has 2 aromatic rings. The predicted octanol–water partition coefficient (Wildman–Crippen LogP) is 2.81. The molecule has 0 bridgehead atoms. The third-order valence-corrected chi connectivity index (χ3v) is 6.27. The van der Waals surface area contributed by atoms with Crippen LogP contribution in [0.25, 0.3) is 0 Å². The summed E-state index contributed by atoms with van der Waals surface area (Å²) >= 11 is 0. The Labute approximate surface area is 148 Å². The van der Waals surface area contributed by atoms with E-state index < -0.39 is 9.84 Å². The first-order valence-corrected chi connectivity index (χ1v) is 10.2. The van der Waals surface area contributed by atoms with E-state index in [0.29, 0.717) is 11.4 Å². The normalized spacial score (nSPS) is 16.6. The summed E-state index contributed by atoms with van der Waals surface area (Å²) in [5, 5.41) is 0. The molecule has 4 nitrogen and oxygen atoms in total. The molecule has 25 heavy (non-hydrogen) atoms. The van der Waals surface area contributed by atoms with Gasteiger partial charge in [-0.15, -0.1) is 0 Å². The lowest BCUT2D eigenvalue weighted by molar-refractivity contribution is 0.310. The van der Waals surface area contributed by atoms with Crippen LogP contribution in [-0.2, 0) is 9.84 Å². The van der Waals surface area contributed by atoms with Crippen molar-refractivity contribution in [1.82, 2.24) is 4.90 Å². The SMILES string of the molecule is O=S(=O)(CCN1CCCN(c2ccc(F)cc2)CC1)c1ccccc1. The number of benzene rings is 2. The average molecular weight is 362 g/mol. The molecule has 134 valence electrons. The van der Waals surface area contributed by atoms with Crippen LogP contribution in [0, 0.1) is 5.82 Å². The Kier molecular flexibility index (Phi) is 5.71. The molecular formula is C19H23FN2O2S. The van der Waals surface area contributed by atoms with Crippen LogP contribution in [0.1, 0.15) is 6.42 Å². The topological polar surface area (TPSA) is 40.6 Å². The number of rotatable bonds is 5. The molecule has 0 N–H and O–H groups in total. The molecule has 1 heterocycles. The fourth-order valence-electron chi connectivity index (χ4n) is 3.10. The smallest absolute Gasteiger partial charge is 0.179 e. The van der Waals surface area contributed by atoms with Crippen molar-refractivity contribution >= 4 is 15.5 Å². The fraction of sp³-hybridized carbons (Fsp3) is 0.368. The molecule has 0 saturated carbocycles. The van der Waals surface area contributed by atoms with E-state index in [1.807, 2.05) is 6.07 Å². The average Bonchev–Trinajstić information content (AvgIpc) is 2.87. The zero-order valence-corrected chi connectivity index (χ0v) is 15.0. The third-order valence-electron chi connectivity index (χ3n) is 4.56. The van der Waals surface area contributed by atoms with E-state index in [0.717, 1.165) is 38.3 Å². The van der Waals surface area contributed by atoms with Crippen molar-refractivity contribution in [2.24, 2.45) is 0 Å². The number of sulfone groups is 1. The molecule has 1 aliphatic rings. The molecule has 0 unspecified atom stereocenters. The Balaban J connectivity index is 1.56. The highest BCUT2D eigenvalue weighted by Gasteiger charge is 2.19. The minimum atomic E-state index is -3.24. The van der Waals surface area contributed by atoms with Crippen LogP contribution in [0.2, 0.25) is 0 Å². The van der Waals surface area contributed by atoms with Gasteiger partial charge in [0.25, 0.3) is 0 Å². The monoisotopic (exact) mass is 362 g/mol. The second-order valence-corrected chi connectivity index (χ2v) is 8.40. The minimum Gasteiger partial charge on any atom is -0.370 e. The van der Waals surface area contributed by atoms with Gasteiger partial charge in [0, 0.05) is 31.9 Å². The molecule has 0 aromatic heterocycles. The third kappa shape index (κ3) is 4.80. The van der Waals surface area contributed by atoms with Crippen molar-refractivity contribution in [3.63, 3.8) is 0 Å². The lowest BCUT2D eigenvalue weighted by atomic mass is 10.2. The van der Waals surface area contributed by atoms with Crippen molar-refractivity contribution in [1.29, 1.82) is 0 Å². The zero-order valence-electron chi connectivity index (χ0n) is 14.1. The van der Waals surface area contributed by atoms with E-state index in [1.54, 1.807) is 36.4 Å². The summed E-state index contributed by atoms with van der Waals surface area (Å²) < 4.78 is 37.9. The second-order valence-electron chi connectivity index (χ2n) is 6.29. The van der Waals surface area contributed by atoms with Crippen LogP contribution in [0.4, 0.5) is 10.1 Å². The first kappa shape index (κ1) is 17.9. The lowest BCUT2D eigenvalue weighted by Gasteiger charge is -2.23. The Hall–Kier alpha value is -1.92. The molecule has 2 aromatic carbocycles. The molecule has 0 amide bonds. The number of hydrogen-bond acceptors (Lipinski definition) is 4. The van der Waals surface area contributed by atoms with Gasteiger partial charge in [-0.05, 0) is 49.4 Å². The Morgan fingerprint density at radius 2 is 1.60 bits per heavy atom. The van der Waals surface area contributed by atoms with Crippen LogP contribution >= 0.6 is 0 Å². The highest BCUT2D eigenvalue weighted by atomic mass is 32.2. The minimum absolute atomic E-state index is 0.133. The lowest BCUT2D eigenvalue weighted by Crippen LogP contribution is -2.33. The second kappa shape index (κ2) is 7.97. The van der Waals surface area contributed by atoms with Crippen molar-refractivity contribution in [3.05, 3.63) is 60.4 Å². The summed E-state index contributed by atoms with van der Waals surface area (Å²) in [6.07, 6.45) is 0.961. The van der Waals surface area contributed by atoms with E-state index in [9.17, 15) is 12.8 Å². The van der Waals surface area contributed by atoms with Crippen molar-refractivity contribution in [3.8, 4) is 0 Å². The van der Waals surface area contributed by atoms with Gasteiger partial charge in [0.05, 0.1) is 10.6 Å². The van der Waals surface area contributed by atoms with Crippen molar-refractivity contribution < 1.29 is 12.8 Å². The Morgan fingerprint density at radius 1 is 0.880 bits per heavy atom. The van der Waals surface area contributed by atoms with Crippen LogP contribution < -0.4 is 4.90 Å². The van der Waals surface area contributed by atoms with Gasteiger partial charge in [-0.2, -0.15) is 0 Å². The van der Waals surface area contributed by atoms with Gasteiger partial charge < -0.3 is 9.80 Å². The molecule has 6 heteroatoms. The number of hydrogen-bond donors (Lipinski definition) is 0. The summed E-state index contributed by atoms with van der Waals surface area (Å²) in [5.41, 5.74) is 1.01. The van der Waals surface area contributed by atoms with Gasteiger partial charge in [0.15, 0.2) is 9.84 Å². The van der Waals surface area contributed by atoms with Crippen molar-refractivity contribution in [2.45, 2.75) is 11.3 Å². The molecule has 0 spiro atoms. The summed E-state index contributed by atoms with van der Waals surface area (Å²) in [6, 6.07) is 15.2. The fourth-order valence-corrected chi connectivity index (χ4v) is 4.41. The van der Waals surface area contributed by atoms with Gasteiger partial charge in [0.1, 0.15) is 5.82 Å². The molecule has 3 rings (SSSR count). The predicted molar refractivity (Wildman–Crippen MR) is 98.2 cm³/mol. The molecule has 1 saturated heterocycles. The zero-order chi connectivity index (χ0) is 17.7. The van der Waals surface area contributed by atoms with Gasteiger partial charge in [0.2, 0.25) is 0 Å². The highest BCUT2D eigenvalue weighted by Crippen LogP contribution is 2.17. The summed E-state index contributed by atoms with van der Waals surface area (Å²) in [7, 11) is -3.24. The van der Waals surface area contributed by atoms with Crippen LogP contribution in [0.15, 0.2) is 59.5 Å². The Bertz CT molecular complexity index is 779. The summed E-state index contributed by atoms with van der Waals surface area (Å²) in [4.78, 5) is 4.81. The maximum atomic E-state index is 13.1. The highest BCUT2D eigenvalue weighted by molar-refractivity contribution is 7.91. The molecule has 0 atom stereocenters. The van der Waals surface area contributed by atoms with Gasteiger partial charge in [-0.25, -0.2) is 12.8 Å². The summed E-state index contributed by atoms with van der Waals surface area (Å²) in [5.74, 6) is -0.0978. The van der Waals surface area contributed by atoms with E-state index in [-0.39, 0.29) is 11.6 Å². The van der Waals surface area contributed by atoms with E-state index in [2.05, 4.69) is 9.80 Å². The molecule has 1 aliphatic heterocycles. The maximum absolute atomic E-state index is 13.1. The standard InChI is InChI=1S/C19H23FN2O2S/c20-17-7-9-18(10-8-17)22-12-4-11-21(13-14-22)15-16-25(23,24)19-5-2-1-3-6-19/h1-3,5-10H,4,11-16H2. The number of anilines is 1. The first-order valence-electron chi connectivity index (χ1n) is 8.55. The van der Waals surface area contributed by atoms with Crippen molar-refractivity contribution in [2.75, 3.05) is 43.4 Å². The largest absolute Gasteiger partial charge is 0.370 e. The summed E-state index contributed by atoms with van der Waals surface area (Å²) in [6.45, 7) is 3.93. The van der Waals surface area contributed by atoms with E-state index >= 15 is 0 Å². The molecule has 1 fully saturated rings. The number of nitrogens with zero attached hydrogens (tertiary/aromatic N) is 2. The quantitative estimate of drug-likeness (QED) is 0.820. The molecular weight excluding hydrogens is 339 g/mol. The van der Waals surface area contributed by atoms with Crippen LogP contribution in [0.5, 0.6) is 0 Å². The number of halogens is 1. The molecule has 0 radical (unpaired) electrons. The first-order chi connectivity index (χ1) is 12.0.